The molecular formula is C16H27N3O2. The fourth-order valence-corrected chi connectivity index (χ4v) is 3.02. The first kappa shape index (κ1) is 16.0. The van der Waals surface area contributed by atoms with Gasteiger partial charge in [0.2, 0.25) is 0 Å². The van der Waals surface area contributed by atoms with Crippen molar-refractivity contribution in [3.63, 3.8) is 0 Å². The van der Waals surface area contributed by atoms with Crippen LogP contribution in [0.4, 0.5) is 5.82 Å². The van der Waals surface area contributed by atoms with Crippen molar-refractivity contribution >= 4 is 5.82 Å². The van der Waals surface area contributed by atoms with Crippen LogP contribution in [-0.2, 0) is 4.74 Å². The molecule has 1 aliphatic rings. The number of aromatic nitrogens is 2. The van der Waals surface area contributed by atoms with Crippen molar-refractivity contribution in [3.8, 4) is 0 Å². The highest BCUT2D eigenvalue weighted by Crippen LogP contribution is 2.32. The molecule has 0 spiro atoms. The van der Waals surface area contributed by atoms with Crippen molar-refractivity contribution in [3.05, 3.63) is 22.7 Å². The zero-order valence-electron chi connectivity index (χ0n) is 13.6. The van der Waals surface area contributed by atoms with Crippen LogP contribution < -0.4 is 10.9 Å². The van der Waals surface area contributed by atoms with Crippen LogP contribution in [0.15, 0.2) is 17.2 Å². The summed E-state index contributed by atoms with van der Waals surface area (Å²) in [5.41, 5.74) is -0.0977. The number of anilines is 1. The van der Waals surface area contributed by atoms with E-state index in [1.165, 1.54) is 0 Å². The molecule has 0 saturated carbocycles. The number of rotatable bonds is 5. The number of nitrogens with one attached hydrogen (secondary N) is 1. The van der Waals surface area contributed by atoms with Crippen LogP contribution in [0, 0.1) is 0 Å². The lowest BCUT2D eigenvalue weighted by atomic mass is 9.86. The maximum absolute atomic E-state index is 12.4. The molecule has 1 N–H and O–H groups in total. The molecule has 1 atom stereocenters. The van der Waals surface area contributed by atoms with Gasteiger partial charge in [-0.15, -0.1) is 0 Å². The van der Waals surface area contributed by atoms with Crippen molar-refractivity contribution in [2.24, 2.45) is 0 Å². The van der Waals surface area contributed by atoms with Crippen LogP contribution in [0.5, 0.6) is 0 Å². The van der Waals surface area contributed by atoms with E-state index in [4.69, 9.17) is 4.74 Å². The van der Waals surface area contributed by atoms with Gasteiger partial charge in [-0.05, 0) is 39.5 Å². The Hall–Kier alpha value is -1.36. The highest BCUT2D eigenvalue weighted by molar-refractivity contribution is 5.32. The van der Waals surface area contributed by atoms with Gasteiger partial charge in [0.1, 0.15) is 0 Å². The Morgan fingerprint density at radius 3 is 2.81 bits per heavy atom. The number of hydrogen-bond donors (Lipinski definition) is 1. The Kier molecular flexibility index (Phi) is 5.04. The molecule has 1 saturated heterocycles. The molecule has 1 aromatic rings. The van der Waals surface area contributed by atoms with Crippen molar-refractivity contribution in [1.82, 2.24) is 9.55 Å². The highest BCUT2D eigenvalue weighted by Gasteiger charge is 2.34. The van der Waals surface area contributed by atoms with E-state index in [2.05, 4.69) is 24.1 Å². The Morgan fingerprint density at radius 2 is 2.19 bits per heavy atom. The van der Waals surface area contributed by atoms with Crippen LogP contribution >= 0.6 is 0 Å². The SMILES string of the molecule is CCC1(CC)CC(Nc2nccn(C(C)C)c2=O)CCO1. The zero-order chi connectivity index (χ0) is 15.5. The van der Waals surface area contributed by atoms with Crippen molar-refractivity contribution in [2.45, 2.75) is 71.1 Å². The molecule has 1 fully saturated rings. The van der Waals surface area contributed by atoms with E-state index in [0.717, 1.165) is 32.3 Å². The minimum atomic E-state index is -0.0538. The zero-order valence-corrected chi connectivity index (χ0v) is 13.6. The summed E-state index contributed by atoms with van der Waals surface area (Å²) in [6.07, 6.45) is 7.28. The summed E-state index contributed by atoms with van der Waals surface area (Å²) in [6, 6.07) is 0.392. The molecule has 0 bridgehead atoms. The monoisotopic (exact) mass is 293 g/mol. The Labute approximate surface area is 126 Å². The van der Waals surface area contributed by atoms with E-state index in [-0.39, 0.29) is 23.2 Å². The van der Waals surface area contributed by atoms with Gasteiger partial charge >= 0.3 is 0 Å². The Morgan fingerprint density at radius 1 is 1.48 bits per heavy atom. The highest BCUT2D eigenvalue weighted by atomic mass is 16.5. The maximum Gasteiger partial charge on any atom is 0.293 e. The minimum Gasteiger partial charge on any atom is -0.375 e. The second-order valence-corrected chi connectivity index (χ2v) is 6.15. The summed E-state index contributed by atoms with van der Waals surface area (Å²) < 4.78 is 7.69. The first-order valence-electron chi connectivity index (χ1n) is 7.99. The van der Waals surface area contributed by atoms with E-state index in [1.54, 1.807) is 17.0 Å². The van der Waals surface area contributed by atoms with Gasteiger partial charge in [0.05, 0.1) is 5.60 Å². The lowest BCUT2D eigenvalue weighted by Gasteiger charge is -2.40. The third-order valence-electron chi connectivity index (χ3n) is 4.55. The van der Waals surface area contributed by atoms with Gasteiger partial charge in [0.25, 0.3) is 5.56 Å². The molecule has 0 aromatic carbocycles. The van der Waals surface area contributed by atoms with Crippen molar-refractivity contribution in [2.75, 3.05) is 11.9 Å². The van der Waals surface area contributed by atoms with Gasteiger partial charge in [-0.25, -0.2) is 4.98 Å². The van der Waals surface area contributed by atoms with Crippen LogP contribution in [0.2, 0.25) is 0 Å². The standard InChI is InChI=1S/C16H27N3O2/c1-5-16(6-2)11-13(7-10-21-16)18-14-15(20)19(12(3)4)9-8-17-14/h8-9,12-13H,5-7,10-11H2,1-4H3,(H,17,18). The third-order valence-corrected chi connectivity index (χ3v) is 4.55. The van der Waals surface area contributed by atoms with E-state index in [1.807, 2.05) is 13.8 Å². The molecule has 118 valence electrons. The van der Waals surface area contributed by atoms with Crippen LogP contribution in [0.3, 0.4) is 0 Å². The average Bonchev–Trinajstić information content (AvgIpc) is 2.49. The average molecular weight is 293 g/mol. The molecule has 2 rings (SSSR count). The summed E-state index contributed by atoms with van der Waals surface area (Å²) in [5.74, 6) is 0.458. The van der Waals surface area contributed by atoms with Crippen molar-refractivity contribution < 1.29 is 4.74 Å². The molecule has 1 aliphatic heterocycles. The summed E-state index contributed by atoms with van der Waals surface area (Å²) in [7, 11) is 0. The summed E-state index contributed by atoms with van der Waals surface area (Å²) in [5, 5.41) is 3.34. The molecular weight excluding hydrogens is 266 g/mol. The first-order valence-corrected chi connectivity index (χ1v) is 7.99. The fourth-order valence-electron chi connectivity index (χ4n) is 3.02. The molecule has 0 radical (unpaired) electrons. The van der Waals surface area contributed by atoms with Gasteiger partial charge in [-0.2, -0.15) is 0 Å². The molecule has 21 heavy (non-hydrogen) atoms. The molecule has 1 unspecified atom stereocenters. The van der Waals surface area contributed by atoms with Gasteiger partial charge in [-0.3, -0.25) is 4.79 Å². The molecule has 2 heterocycles. The Bertz CT molecular complexity index is 520. The van der Waals surface area contributed by atoms with Gasteiger partial charge in [0, 0.05) is 31.1 Å². The quantitative estimate of drug-likeness (QED) is 0.907. The topological polar surface area (TPSA) is 56.2 Å². The van der Waals surface area contributed by atoms with Gasteiger partial charge in [-0.1, -0.05) is 13.8 Å². The predicted molar refractivity (Wildman–Crippen MR) is 84.8 cm³/mol. The van der Waals surface area contributed by atoms with E-state index >= 15 is 0 Å². The van der Waals surface area contributed by atoms with Crippen LogP contribution in [0.1, 0.15) is 59.4 Å². The Balaban J connectivity index is 2.15. The number of nitrogens with zero attached hydrogens (tertiary/aromatic N) is 2. The lowest BCUT2D eigenvalue weighted by Crippen LogP contribution is -2.44. The molecule has 0 amide bonds. The maximum atomic E-state index is 12.4. The van der Waals surface area contributed by atoms with E-state index < -0.39 is 0 Å². The summed E-state index contributed by atoms with van der Waals surface area (Å²) in [6.45, 7) is 9.07. The molecule has 0 aliphatic carbocycles. The predicted octanol–water partition coefficient (Wildman–Crippen LogP) is 2.97. The fraction of sp³-hybridized carbons (Fsp3) is 0.750. The van der Waals surface area contributed by atoms with E-state index in [0.29, 0.717) is 5.82 Å². The van der Waals surface area contributed by atoms with Crippen LogP contribution in [-0.4, -0.2) is 27.8 Å². The van der Waals surface area contributed by atoms with Gasteiger partial charge in [0.15, 0.2) is 5.82 Å². The van der Waals surface area contributed by atoms with Crippen molar-refractivity contribution in [1.29, 1.82) is 0 Å². The van der Waals surface area contributed by atoms with Crippen LogP contribution in [0.25, 0.3) is 0 Å². The second-order valence-electron chi connectivity index (χ2n) is 6.15. The van der Waals surface area contributed by atoms with Gasteiger partial charge < -0.3 is 14.6 Å². The van der Waals surface area contributed by atoms with E-state index in [9.17, 15) is 4.79 Å². The third kappa shape index (κ3) is 3.46. The largest absolute Gasteiger partial charge is 0.375 e. The first-order chi connectivity index (χ1) is 10.0. The minimum absolute atomic E-state index is 0.0439. The molecule has 5 heteroatoms. The smallest absolute Gasteiger partial charge is 0.293 e. The summed E-state index contributed by atoms with van der Waals surface area (Å²) >= 11 is 0. The molecule has 5 nitrogen and oxygen atoms in total. The molecule has 1 aromatic heterocycles. The normalized spacial score (nSPS) is 21.5. The lowest BCUT2D eigenvalue weighted by molar-refractivity contribution is -0.0864. The summed E-state index contributed by atoms with van der Waals surface area (Å²) in [4.78, 5) is 16.6. The number of hydrogen-bond acceptors (Lipinski definition) is 4. The second kappa shape index (κ2) is 6.60. The number of ether oxygens (including phenoxy) is 1.